The Labute approximate surface area is 181 Å². The summed E-state index contributed by atoms with van der Waals surface area (Å²) in [6, 6.07) is 16.7. The van der Waals surface area contributed by atoms with Gasteiger partial charge in [-0.25, -0.2) is 0 Å². The van der Waals surface area contributed by atoms with Crippen LogP contribution in [0.5, 0.6) is 5.75 Å². The van der Waals surface area contributed by atoms with Gasteiger partial charge in [0.05, 0.1) is 34.7 Å². The molecule has 6 nitrogen and oxygen atoms in total. The zero-order valence-electron chi connectivity index (χ0n) is 16.6. The minimum atomic E-state index is -4.82. The summed E-state index contributed by atoms with van der Waals surface area (Å²) in [5.41, 5.74) is 8.24. The molecule has 4 rings (SSSR count). The van der Waals surface area contributed by atoms with Crippen LogP contribution in [0, 0.1) is 11.3 Å². The van der Waals surface area contributed by atoms with E-state index in [0.29, 0.717) is 22.4 Å². The zero-order valence-corrected chi connectivity index (χ0v) is 16.6. The van der Waals surface area contributed by atoms with Crippen LogP contribution < -0.4 is 15.8 Å². The van der Waals surface area contributed by atoms with Gasteiger partial charge in [-0.15, -0.1) is 13.2 Å². The minimum Gasteiger partial charge on any atom is -0.404 e. The third-order valence-corrected chi connectivity index (χ3v) is 5.22. The van der Waals surface area contributed by atoms with E-state index in [1.165, 1.54) is 0 Å². The maximum absolute atomic E-state index is 12.6. The molecule has 1 heterocycles. The van der Waals surface area contributed by atoms with Crippen LogP contribution in [0.3, 0.4) is 0 Å². The number of alkyl halides is 3. The molecule has 0 unspecified atom stereocenters. The average molecular weight is 438 g/mol. The van der Waals surface area contributed by atoms with Crippen molar-refractivity contribution >= 4 is 11.6 Å². The molecule has 3 aromatic rings. The molecule has 1 fully saturated rings. The molecule has 1 saturated carbocycles. The standard InChI is InChI=1S/C23H17F3N4O2/c24-23(25,26)32-18-11-19(28)20(29-13-18)15-5-7-17(8-6-15)22(9-10-22)30-21(31)16-3-1-14(12-27)2-4-16/h1-8,11,13H,9-10,28H2,(H,30,31). The van der Waals surface area contributed by atoms with Crippen LogP contribution in [0.2, 0.25) is 0 Å². The number of hydrogen-bond acceptors (Lipinski definition) is 5. The number of amides is 1. The molecule has 1 aliphatic carbocycles. The number of nitrogens with two attached hydrogens (primary N) is 1. The van der Waals surface area contributed by atoms with Gasteiger partial charge in [-0.05, 0) is 42.7 Å². The molecule has 2 aromatic carbocycles. The van der Waals surface area contributed by atoms with Crippen molar-refractivity contribution in [2.45, 2.75) is 24.7 Å². The zero-order chi connectivity index (χ0) is 22.9. The topological polar surface area (TPSA) is 101 Å². The lowest BCUT2D eigenvalue weighted by atomic mass is 10.0. The second-order valence-corrected chi connectivity index (χ2v) is 7.46. The van der Waals surface area contributed by atoms with Crippen molar-refractivity contribution < 1.29 is 22.7 Å². The molecule has 0 aliphatic heterocycles. The molecule has 162 valence electrons. The number of nitriles is 1. The molecule has 1 amide bonds. The lowest BCUT2D eigenvalue weighted by molar-refractivity contribution is -0.274. The quantitative estimate of drug-likeness (QED) is 0.610. The number of rotatable bonds is 5. The number of hydrogen-bond donors (Lipinski definition) is 2. The Bertz CT molecular complexity index is 1200. The van der Waals surface area contributed by atoms with Gasteiger partial charge in [-0.3, -0.25) is 9.78 Å². The van der Waals surface area contributed by atoms with E-state index in [1.54, 1.807) is 36.4 Å². The molecule has 1 aliphatic rings. The predicted octanol–water partition coefficient (Wildman–Crippen LogP) is 4.52. The highest BCUT2D eigenvalue weighted by Gasteiger charge is 2.45. The maximum Gasteiger partial charge on any atom is 0.573 e. The number of nitrogens with zero attached hydrogens (tertiary/aromatic N) is 2. The summed E-state index contributed by atoms with van der Waals surface area (Å²) < 4.78 is 40.9. The molecule has 0 atom stereocenters. The fourth-order valence-corrected chi connectivity index (χ4v) is 3.44. The summed E-state index contributed by atoms with van der Waals surface area (Å²) in [7, 11) is 0. The van der Waals surface area contributed by atoms with E-state index in [0.717, 1.165) is 30.7 Å². The number of ether oxygens (including phenoxy) is 1. The summed E-state index contributed by atoms with van der Waals surface area (Å²) >= 11 is 0. The second kappa shape index (κ2) is 7.89. The lowest BCUT2D eigenvalue weighted by Crippen LogP contribution is -2.34. The van der Waals surface area contributed by atoms with Gasteiger partial charge < -0.3 is 15.8 Å². The highest BCUT2D eigenvalue weighted by molar-refractivity contribution is 5.95. The number of carbonyl (C=O) groups is 1. The third-order valence-electron chi connectivity index (χ3n) is 5.22. The first-order valence-electron chi connectivity index (χ1n) is 9.64. The first-order valence-corrected chi connectivity index (χ1v) is 9.64. The molecule has 0 saturated heterocycles. The van der Waals surface area contributed by atoms with Gasteiger partial charge >= 0.3 is 6.36 Å². The van der Waals surface area contributed by atoms with Gasteiger partial charge in [0.25, 0.3) is 5.91 Å². The van der Waals surface area contributed by atoms with E-state index in [2.05, 4.69) is 15.0 Å². The fraction of sp³-hybridized carbons (Fsp3) is 0.174. The Kier molecular flexibility index (Phi) is 5.22. The first kappa shape index (κ1) is 21.2. The van der Waals surface area contributed by atoms with Gasteiger partial charge in [-0.2, -0.15) is 5.26 Å². The highest BCUT2D eigenvalue weighted by Crippen LogP contribution is 2.46. The predicted molar refractivity (Wildman–Crippen MR) is 110 cm³/mol. The van der Waals surface area contributed by atoms with Gasteiger partial charge in [-0.1, -0.05) is 24.3 Å². The molecule has 3 N–H and O–H groups in total. The average Bonchev–Trinajstić information content (AvgIpc) is 3.53. The van der Waals surface area contributed by atoms with Crippen LogP contribution >= 0.6 is 0 Å². The van der Waals surface area contributed by atoms with Gasteiger partial charge in [0.2, 0.25) is 0 Å². The van der Waals surface area contributed by atoms with Crippen molar-refractivity contribution in [3.63, 3.8) is 0 Å². The molecule has 0 radical (unpaired) electrons. The molecule has 9 heteroatoms. The Hall–Kier alpha value is -4.06. The monoisotopic (exact) mass is 438 g/mol. The van der Waals surface area contributed by atoms with Gasteiger partial charge in [0, 0.05) is 17.2 Å². The van der Waals surface area contributed by atoms with Crippen LogP contribution in [0.4, 0.5) is 18.9 Å². The first-order chi connectivity index (χ1) is 15.2. The number of halogens is 3. The van der Waals surface area contributed by atoms with Crippen LogP contribution in [0.15, 0.2) is 60.8 Å². The van der Waals surface area contributed by atoms with Crippen molar-refractivity contribution in [2.75, 3.05) is 5.73 Å². The largest absolute Gasteiger partial charge is 0.573 e. The Morgan fingerprint density at radius 1 is 1.12 bits per heavy atom. The van der Waals surface area contributed by atoms with Crippen molar-refractivity contribution in [3.05, 3.63) is 77.5 Å². The van der Waals surface area contributed by atoms with Crippen LogP contribution in [0.25, 0.3) is 11.3 Å². The van der Waals surface area contributed by atoms with E-state index in [4.69, 9.17) is 11.0 Å². The van der Waals surface area contributed by atoms with Gasteiger partial charge in [0.1, 0.15) is 5.75 Å². The molecular weight excluding hydrogens is 421 g/mol. The lowest BCUT2D eigenvalue weighted by Gasteiger charge is -2.19. The number of nitrogens with one attached hydrogen (secondary N) is 1. The number of aromatic nitrogens is 1. The van der Waals surface area contributed by atoms with Gasteiger partial charge in [0.15, 0.2) is 0 Å². The SMILES string of the molecule is N#Cc1ccc(C(=O)NC2(c3ccc(-c4ncc(OC(F)(F)F)cc4N)cc3)CC2)cc1. The number of benzene rings is 2. The van der Waals surface area contributed by atoms with E-state index >= 15 is 0 Å². The van der Waals surface area contributed by atoms with E-state index in [-0.39, 0.29) is 11.6 Å². The number of anilines is 1. The van der Waals surface area contributed by atoms with Crippen molar-refractivity contribution in [1.29, 1.82) is 5.26 Å². The normalized spacial score (nSPS) is 14.3. The summed E-state index contributed by atoms with van der Waals surface area (Å²) in [6.07, 6.45) is -2.30. The number of pyridine rings is 1. The third kappa shape index (κ3) is 4.49. The van der Waals surface area contributed by atoms with Crippen LogP contribution in [-0.2, 0) is 5.54 Å². The smallest absolute Gasteiger partial charge is 0.404 e. The van der Waals surface area contributed by atoms with E-state index in [1.807, 2.05) is 18.2 Å². The summed E-state index contributed by atoms with van der Waals surface area (Å²) in [5, 5.41) is 11.9. The Balaban J connectivity index is 1.50. The Morgan fingerprint density at radius 2 is 1.78 bits per heavy atom. The van der Waals surface area contributed by atoms with Crippen LogP contribution in [0.1, 0.15) is 34.3 Å². The number of carbonyl (C=O) groups excluding carboxylic acids is 1. The summed E-state index contributed by atoms with van der Waals surface area (Å²) in [4.78, 5) is 16.6. The fourth-order valence-electron chi connectivity index (χ4n) is 3.44. The highest BCUT2D eigenvalue weighted by atomic mass is 19.4. The van der Waals surface area contributed by atoms with Crippen LogP contribution in [-0.4, -0.2) is 17.3 Å². The van der Waals surface area contributed by atoms with Crippen molar-refractivity contribution in [1.82, 2.24) is 10.3 Å². The van der Waals surface area contributed by atoms with Crippen molar-refractivity contribution in [3.8, 4) is 23.1 Å². The molecule has 0 bridgehead atoms. The van der Waals surface area contributed by atoms with E-state index < -0.39 is 17.7 Å². The molecule has 0 spiro atoms. The second-order valence-electron chi connectivity index (χ2n) is 7.46. The molecule has 1 aromatic heterocycles. The summed E-state index contributed by atoms with van der Waals surface area (Å²) in [6.45, 7) is 0. The summed E-state index contributed by atoms with van der Waals surface area (Å²) in [5.74, 6) is -0.722. The minimum absolute atomic E-state index is 0.0507. The Morgan fingerprint density at radius 3 is 2.31 bits per heavy atom. The number of nitrogen functional groups attached to an aromatic ring is 1. The molecular formula is C23H17F3N4O2. The maximum atomic E-state index is 12.6. The molecule has 32 heavy (non-hydrogen) atoms. The van der Waals surface area contributed by atoms with Crippen molar-refractivity contribution in [2.24, 2.45) is 0 Å². The van der Waals surface area contributed by atoms with E-state index in [9.17, 15) is 18.0 Å².